The fourth-order valence-corrected chi connectivity index (χ4v) is 2.82. The van der Waals surface area contributed by atoms with E-state index in [1.54, 1.807) is 7.11 Å². The van der Waals surface area contributed by atoms with E-state index in [0.717, 1.165) is 29.4 Å². The number of esters is 1. The van der Waals surface area contributed by atoms with E-state index in [1.165, 1.54) is 24.9 Å². The summed E-state index contributed by atoms with van der Waals surface area (Å²) in [6.45, 7) is 2.60. The molecule has 6 heteroatoms. The number of nitrogens with one attached hydrogen (secondary N) is 1. The number of thiazole rings is 1. The minimum atomic E-state index is -0.387. The van der Waals surface area contributed by atoms with Gasteiger partial charge in [-0.2, -0.15) is 0 Å². The molecular formula is C12H18N2O3S. The first-order valence-electron chi connectivity index (χ1n) is 5.95. The summed E-state index contributed by atoms with van der Waals surface area (Å²) in [6, 6.07) is 0. The van der Waals surface area contributed by atoms with Crippen LogP contribution in [0.15, 0.2) is 0 Å². The number of ether oxygens (including phenoxy) is 2. The molecule has 100 valence electrons. The Morgan fingerprint density at radius 3 is 2.72 bits per heavy atom. The van der Waals surface area contributed by atoms with Crippen molar-refractivity contribution < 1.29 is 14.3 Å². The molecule has 0 bridgehead atoms. The van der Waals surface area contributed by atoms with E-state index in [9.17, 15) is 4.79 Å². The van der Waals surface area contributed by atoms with Gasteiger partial charge in [0.1, 0.15) is 0 Å². The second-order valence-corrected chi connectivity index (χ2v) is 5.71. The van der Waals surface area contributed by atoms with Crippen LogP contribution in [0.1, 0.15) is 34.6 Å². The predicted octanol–water partition coefficient (Wildman–Crippen LogP) is 2.22. The van der Waals surface area contributed by atoms with Gasteiger partial charge < -0.3 is 14.8 Å². The smallest absolute Gasteiger partial charge is 0.357 e. The SMILES string of the molecule is COC(=O)c1nc(NCC2(OC)CCC2)sc1C. The van der Waals surface area contributed by atoms with E-state index < -0.39 is 0 Å². The van der Waals surface area contributed by atoms with Gasteiger partial charge in [0.15, 0.2) is 10.8 Å². The number of hydrogen-bond donors (Lipinski definition) is 1. The lowest BCUT2D eigenvalue weighted by Crippen LogP contribution is -2.45. The average molecular weight is 270 g/mol. The number of carbonyl (C=O) groups excluding carboxylic acids is 1. The third-order valence-corrected chi connectivity index (χ3v) is 4.36. The standard InChI is InChI=1S/C12H18N2O3S/c1-8-9(10(15)16-2)14-11(18-8)13-7-12(17-3)5-4-6-12/h4-7H2,1-3H3,(H,13,14). The van der Waals surface area contributed by atoms with Crippen LogP contribution in [-0.4, -0.2) is 37.3 Å². The minimum Gasteiger partial charge on any atom is -0.464 e. The molecule has 1 heterocycles. The molecule has 0 atom stereocenters. The third-order valence-electron chi connectivity index (χ3n) is 3.43. The fraction of sp³-hybridized carbons (Fsp3) is 0.667. The maximum absolute atomic E-state index is 11.4. The first-order chi connectivity index (χ1) is 8.60. The highest BCUT2D eigenvalue weighted by atomic mass is 32.1. The van der Waals surface area contributed by atoms with Crippen molar-refractivity contribution in [3.8, 4) is 0 Å². The van der Waals surface area contributed by atoms with Crippen molar-refractivity contribution in [2.75, 3.05) is 26.1 Å². The third kappa shape index (κ3) is 2.49. The summed E-state index contributed by atoms with van der Waals surface area (Å²) in [7, 11) is 3.11. The van der Waals surface area contributed by atoms with Gasteiger partial charge in [-0.3, -0.25) is 0 Å². The topological polar surface area (TPSA) is 60.5 Å². The molecule has 1 fully saturated rings. The van der Waals surface area contributed by atoms with Crippen LogP contribution in [0.5, 0.6) is 0 Å². The van der Waals surface area contributed by atoms with Gasteiger partial charge in [0.05, 0.1) is 12.7 Å². The highest BCUT2D eigenvalue weighted by Crippen LogP contribution is 2.35. The highest BCUT2D eigenvalue weighted by Gasteiger charge is 2.37. The zero-order valence-corrected chi connectivity index (χ0v) is 11.7. The van der Waals surface area contributed by atoms with Crippen LogP contribution in [0.2, 0.25) is 0 Å². The summed E-state index contributed by atoms with van der Waals surface area (Å²) in [5.41, 5.74) is 0.343. The Morgan fingerprint density at radius 2 is 2.22 bits per heavy atom. The van der Waals surface area contributed by atoms with E-state index in [-0.39, 0.29) is 11.6 Å². The van der Waals surface area contributed by atoms with Gasteiger partial charge >= 0.3 is 5.97 Å². The number of aryl methyl sites for hydroxylation is 1. The summed E-state index contributed by atoms with van der Waals surface area (Å²) in [5, 5.41) is 4.00. The van der Waals surface area contributed by atoms with Crippen molar-refractivity contribution in [3.05, 3.63) is 10.6 Å². The van der Waals surface area contributed by atoms with Gasteiger partial charge in [-0.25, -0.2) is 9.78 Å². The van der Waals surface area contributed by atoms with Crippen molar-refractivity contribution in [2.24, 2.45) is 0 Å². The molecule has 1 aromatic heterocycles. The molecular weight excluding hydrogens is 252 g/mol. The van der Waals surface area contributed by atoms with Crippen LogP contribution in [-0.2, 0) is 9.47 Å². The van der Waals surface area contributed by atoms with Gasteiger partial charge in [-0.15, -0.1) is 11.3 Å². The van der Waals surface area contributed by atoms with E-state index in [4.69, 9.17) is 4.74 Å². The number of hydrogen-bond acceptors (Lipinski definition) is 6. The number of carbonyl (C=O) groups is 1. The molecule has 0 radical (unpaired) electrons. The van der Waals surface area contributed by atoms with Crippen molar-refractivity contribution in [1.29, 1.82) is 0 Å². The Morgan fingerprint density at radius 1 is 1.50 bits per heavy atom. The summed E-state index contributed by atoms with van der Waals surface area (Å²) in [5.74, 6) is -0.387. The Balaban J connectivity index is 2.00. The predicted molar refractivity (Wildman–Crippen MR) is 70.3 cm³/mol. The molecule has 0 aromatic carbocycles. The largest absolute Gasteiger partial charge is 0.464 e. The van der Waals surface area contributed by atoms with Gasteiger partial charge in [-0.05, 0) is 26.2 Å². The molecule has 0 amide bonds. The van der Waals surface area contributed by atoms with E-state index in [2.05, 4.69) is 15.0 Å². The lowest BCUT2D eigenvalue weighted by molar-refractivity contribution is -0.0601. The number of rotatable bonds is 5. The summed E-state index contributed by atoms with van der Waals surface area (Å²) in [4.78, 5) is 16.6. The van der Waals surface area contributed by atoms with Crippen LogP contribution in [0.25, 0.3) is 0 Å². The van der Waals surface area contributed by atoms with E-state index in [1.807, 2.05) is 6.92 Å². The molecule has 0 aliphatic heterocycles. The van der Waals surface area contributed by atoms with Gasteiger partial charge in [-0.1, -0.05) is 0 Å². The Kier molecular flexibility index (Phi) is 3.87. The number of methoxy groups -OCH3 is 2. The van der Waals surface area contributed by atoms with Crippen molar-refractivity contribution in [3.63, 3.8) is 0 Å². The molecule has 1 aliphatic carbocycles. The number of anilines is 1. The van der Waals surface area contributed by atoms with E-state index in [0.29, 0.717) is 5.69 Å². The Bertz CT molecular complexity index is 435. The van der Waals surface area contributed by atoms with Gasteiger partial charge in [0, 0.05) is 18.5 Å². The molecule has 1 N–H and O–H groups in total. The average Bonchev–Trinajstić information content (AvgIpc) is 2.69. The van der Waals surface area contributed by atoms with Crippen LogP contribution >= 0.6 is 11.3 Å². The Labute approximate surface area is 111 Å². The fourth-order valence-electron chi connectivity index (χ4n) is 2.02. The molecule has 2 rings (SSSR count). The number of aromatic nitrogens is 1. The minimum absolute atomic E-state index is 0.0506. The van der Waals surface area contributed by atoms with Crippen molar-refractivity contribution >= 4 is 22.4 Å². The monoisotopic (exact) mass is 270 g/mol. The lowest BCUT2D eigenvalue weighted by atomic mass is 9.80. The molecule has 1 aliphatic rings. The maximum Gasteiger partial charge on any atom is 0.357 e. The maximum atomic E-state index is 11.4. The second kappa shape index (κ2) is 5.24. The van der Waals surface area contributed by atoms with Crippen LogP contribution < -0.4 is 5.32 Å². The molecule has 0 saturated heterocycles. The summed E-state index contributed by atoms with van der Waals surface area (Å²) < 4.78 is 10.2. The van der Waals surface area contributed by atoms with Gasteiger partial charge in [0.2, 0.25) is 0 Å². The second-order valence-electron chi connectivity index (χ2n) is 4.51. The highest BCUT2D eigenvalue weighted by molar-refractivity contribution is 7.15. The normalized spacial score (nSPS) is 17.1. The van der Waals surface area contributed by atoms with Crippen LogP contribution in [0.3, 0.4) is 0 Å². The van der Waals surface area contributed by atoms with E-state index >= 15 is 0 Å². The summed E-state index contributed by atoms with van der Waals surface area (Å²) in [6.07, 6.45) is 3.36. The Hall–Kier alpha value is -1.14. The molecule has 18 heavy (non-hydrogen) atoms. The quantitative estimate of drug-likeness (QED) is 0.831. The van der Waals surface area contributed by atoms with Crippen molar-refractivity contribution in [1.82, 2.24) is 4.98 Å². The van der Waals surface area contributed by atoms with Crippen molar-refractivity contribution in [2.45, 2.75) is 31.8 Å². The molecule has 1 saturated carbocycles. The van der Waals surface area contributed by atoms with Crippen LogP contribution in [0.4, 0.5) is 5.13 Å². The molecule has 0 unspecified atom stereocenters. The first kappa shape index (κ1) is 13.3. The molecule has 0 spiro atoms. The number of nitrogens with zero attached hydrogens (tertiary/aromatic N) is 1. The molecule has 5 nitrogen and oxygen atoms in total. The van der Waals surface area contributed by atoms with Gasteiger partial charge in [0.25, 0.3) is 0 Å². The first-order valence-corrected chi connectivity index (χ1v) is 6.77. The van der Waals surface area contributed by atoms with Crippen LogP contribution in [0, 0.1) is 6.92 Å². The summed E-state index contributed by atoms with van der Waals surface area (Å²) >= 11 is 1.47. The lowest BCUT2D eigenvalue weighted by Gasteiger charge is -2.40. The molecule has 1 aromatic rings. The zero-order chi connectivity index (χ0) is 13.2. The zero-order valence-electron chi connectivity index (χ0n) is 10.9.